The summed E-state index contributed by atoms with van der Waals surface area (Å²) in [5.41, 5.74) is 2.08. The standard InChI is InChI=1S/C14H22N4O/c1-10(18(3)4)7-15-8-12-9-16-17-14(12)13-6-5-11(2)19-13/h5-6,9-10,15H,7-8H2,1-4H3,(H,16,17). The van der Waals surface area contributed by atoms with E-state index in [9.17, 15) is 0 Å². The van der Waals surface area contributed by atoms with Crippen LogP contribution >= 0.6 is 0 Å². The van der Waals surface area contributed by atoms with Crippen molar-refractivity contribution in [3.8, 4) is 11.5 Å². The first-order valence-electron chi connectivity index (χ1n) is 6.54. The third-order valence-corrected chi connectivity index (χ3v) is 3.34. The molecule has 19 heavy (non-hydrogen) atoms. The van der Waals surface area contributed by atoms with E-state index in [1.54, 1.807) is 0 Å². The van der Waals surface area contributed by atoms with Crippen molar-refractivity contribution in [1.29, 1.82) is 0 Å². The van der Waals surface area contributed by atoms with Crippen LogP contribution in [0.15, 0.2) is 22.7 Å². The second-order valence-corrected chi connectivity index (χ2v) is 5.12. The molecule has 0 saturated carbocycles. The molecule has 0 bridgehead atoms. The second-order valence-electron chi connectivity index (χ2n) is 5.12. The van der Waals surface area contributed by atoms with Crippen LogP contribution < -0.4 is 5.32 Å². The van der Waals surface area contributed by atoms with E-state index in [4.69, 9.17) is 4.42 Å². The summed E-state index contributed by atoms with van der Waals surface area (Å²) in [4.78, 5) is 2.19. The van der Waals surface area contributed by atoms with Crippen LogP contribution in [0.25, 0.3) is 11.5 Å². The van der Waals surface area contributed by atoms with E-state index in [1.165, 1.54) is 0 Å². The fourth-order valence-electron chi connectivity index (χ4n) is 1.83. The van der Waals surface area contributed by atoms with Gasteiger partial charge in [-0.05, 0) is 40.1 Å². The lowest BCUT2D eigenvalue weighted by molar-refractivity contribution is 0.302. The maximum absolute atomic E-state index is 5.63. The van der Waals surface area contributed by atoms with E-state index in [1.807, 2.05) is 25.3 Å². The van der Waals surface area contributed by atoms with Gasteiger partial charge in [-0.25, -0.2) is 0 Å². The first kappa shape index (κ1) is 13.8. The van der Waals surface area contributed by atoms with E-state index in [-0.39, 0.29) is 0 Å². The van der Waals surface area contributed by atoms with Crippen molar-refractivity contribution in [3.63, 3.8) is 0 Å². The van der Waals surface area contributed by atoms with Crippen molar-refractivity contribution in [2.24, 2.45) is 0 Å². The Morgan fingerprint density at radius 2 is 2.21 bits per heavy atom. The topological polar surface area (TPSA) is 57.1 Å². The molecule has 0 aromatic carbocycles. The van der Waals surface area contributed by atoms with Crippen molar-refractivity contribution in [2.75, 3.05) is 20.6 Å². The molecule has 2 N–H and O–H groups in total. The number of aromatic nitrogens is 2. The highest BCUT2D eigenvalue weighted by Gasteiger charge is 2.11. The Labute approximate surface area is 114 Å². The van der Waals surface area contributed by atoms with Gasteiger partial charge in [-0.2, -0.15) is 5.10 Å². The summed E-state index contributed by atoms with van der Waals surface area (Å²) in [7, 11) is 4.17. The minimum atomic E-state index is 0.501. The fraction of sp³-hybridized carbons (Fsp3) is 0.500. The van der Waals surface area contributed by atoms with Gasteiger partial charge in [-0.1, -0.05) is 0 Å². The highest BCUT2D eigenvalue weighted by atomic mass is 16.3. The molecule has 0 radical (unpaired) electrons. The predicted octanol–water partition coefficient (Wildman–Crippen LogP) is 2.02. The molecule has 0 amide bonds. The van der Waals surface area contributed by atoms with Gasteiger partial charge in [0.15, 0.2) is 5.76 Å². The molecule has 0 fully saturated rings. The molecule has 0 aliphatic heterocycles. The Bertz CT molecular complexity index is 515. The van der Waals surface area contributed by atoms with Gasteiger partial charge in [0, 0.05) is 24.7 Å². The molecule has 1 atom stereocenters. The van der Waals surface area contributed by atoms with Gasteiger partial charge in [0.05, 0.1) is 6.20 Å². The van der Waals surface area contributed by atoms with Crippen molar-refractivity contribution >= 4 is 0 Å². The van der Waals surface area contributed by atoms with Gasteiger partial charge in [-0.15, -0.1) is 0 Å². The minimum Gasteiger partial charge on any atom is -0.460 e. The van der Waals surface area contributed by atoms with Crippen molar-refractivity contribution in [1.82, 2.24) is 20.4 Å². The summed E-state index contributed by atoms with van der Waals surface area (Å²) in [6.45, 7) is 5.86. The number of furan rings is 1. The normalized spacial score (nSPS) is 13.1. The van der Waals surface area contributed by atoms with Crippen LogP contribution in [0.2, 0.25) is 0 Å². The molecule has 2 rings (SSSR count). The molecule has 2 aromatic rings. The van der Waals surface area contributed by atoms with Gasteiger partial charge in [0.2, 0.25) is 0 Å². The zero-order valence-electron chi connectivity index (χ0n) is 12.0. The van der Waals surface area contributed by atoms with E-state index in [0.29, 0.717) is 6.04 Å². The van der Waals surface area contributed by atoms with Crippen LogP contribution in [0.4, 0.5) is 0 Å². The molecular formula is C14H22N4O. The number of H-pyrrole nitrogens is 1. The SMILES string of the molecule is Cc1ccc(-c2[nH]ncc2CNCC(C)N(C)C)o1. The van der Waals surface area contributed by atoms with Crippen molar-refractivity contribution in [3.05, 3.63) is 29.7 Å². The first-order valence-corrected chi connectivity index (χ1v) is 6.54. The summed E-state index contributed by atoms with van der Waals surface area (Å²) in [5.74, 6) is 1.75. The van der Waals surface area contributed by atoms with E-state index in [0.717, 1.165) is 35.9 Å². The van der Waals surface area contributed by atoms with Crippen molar-refractivity contribution < 1.29 is 4.42 Å². The number of rotatable bonds is 6. The monoisotopic (exact) mass is 262 g/mol. The third-order valence-electron chi connectivity index (χ3n) is 3.34. The predicted molar refractivity (Wildman–Crippen MR) is 75.9 cm³/mol. The number of aryl methyl sites for hydroxylation is 1. The van der Waals surface area contributed by atoms with Crippen molar-refractivity contribution in [2.45, 2.75) is 26.4 Å². The summed E-state index contributed by atoms with van der Waals surface area (Å²) in [5, 5.41) is 10.5. The Morgan fingerprint density at radius 3 is 2.84 bits per heavy atom. The molecule has 1 unspecified atom stereocenters. The smallest absolute Gasteiger partial charge is 0.152 e. The lowest BCUT2D eigenvalue weighted by Gasteiger charge is -2.19. The number of nitrogens with zero attached hydrogens (tertiary/aromatic N) is 2. The lowest BCUT2D eigenvalue weighted by Crippen LogP contribution is -2.35. The van der Waals surface area contributed by atoms with E-state index >= 15 is 0 Å². The molecule has 5 nitrogen and oxygen atoms in total. The van der Waals surface area contributed by atoms with Crippen LogP contribution in [-0.2, 0) is 6.54 Å². The number of aromatic amines is 1. The van der Waals surface area contributed by atoms with E-state index < -0.39 is 0 Å². The zero-order chi connectivity index (χ0) is 13.8. The number of nitrogens with one attached hydrogen (secondary N) is 2. The number of hydrogen-bond donors (Lipinski definition) is 2. The highest BCUT2D eigenvalue weighted by Crippen LogP contribution is 2.23. The molecule has 5 heteroatoms. The van der Waals surface area contributed by atoms with Crippen LogP contribution in [0.3, 0.4) is 0 Å². The quantitative estimate of drug-likeness (QED) is 0.836. The molecule has 0 spiro atoms. The minimum absolute atomic E-state index is 0.501. The van der Waals surface area contributed by atoms with Gasteiger partial charge >= 0.3 is 0 Å². The first-order chi connectivity index (χ1) is 9.08. The van der Waals surface area contributed by atoms with Crippen LogP contribution in [0.5, 0.6) is 0 Å². The summed E-state index contributed by atoms with van der Waals surface area (Å²) >= 11 is 0. The van der Waals surface area contributed by atoms with Gasteiger partial charge < -0.3 is 14.6 Å². The molecule has 0 aliphatic carbocycles. The molecule has 0 aliphatic rings. The Balaban J connectivity index is 1.97. The second kappa shape index (κ2) is 6.04. The Morgan fingerprint density at radius 1 is 1.42 bits per heavy atom. The number of likely N-dealkylation sites (N-methyl/N-ethyl adjacent to an activating group) is 1. The molecular weight excluding hydrogens is 240 g/mol. The highest BCUT2D eigenvalue weighted by molar-refractivity contribution is 5.56. The lowest BCUT2D eigenvalue weighted by atomic mass is 10.2. The van der Waals surface area contributed by atoms with Gasteiger partial charge in [0.1, 0.15) is 11.5 Å². The zero-order valence-corrected chi connectivity index (χ0v) is 12.0. The van der Waals surface area contributed by atoms with Crippen LogP contribution in [-0.4, -0.2) is 41.8 Å². The summed E-state index contributed by atoms with van der Waals surface area (Å²) in [6, 6.07) is 4.43. The van der Waals surface area contributed by atoms with Gasteiger partial charge in [0.25, 0.3) is 0 Å². The Hall–Kier alpha value is -1.59. The molecule has 2 aromatic heterocycles. The summed E-state index contributed by atoms with van der Waals surface area (Å²) in [6.07, 6.45) is 1.85. The molecule has 2 heterocycles. The molecule has 104 valence electrons. The largest absolute Gasteiger partial charge is 0.460 e. The summed E-state index contributed by atoms with van der Waals surface area (Å²) < 4.78 is 5.63. The fourth-order valence-corrected chi connectivity index (χ4v) is 1.83. The Kier molecular flexibility index (Phi) is 4.39. The maximum Gasteiger partial charge on any atom is 0.152 e. The average Bonchev–Trinajstić information content (AvgIpc) is 2.97. The van der Waals surface area contributed by atoms with Crippen LogP contribution in [0.1, 0.15) is 18.2 Å². The maximum atomic E-state index is 5.63. The van der Waals surface area contributed by atoms with Gasteiger partial charge in [-0.3, -0.25) is 5.10 Å². The van der Waals surface area contributed by atoms with E-state index in [2.05, 4.69) is 41.4 Å². The van der Waals surface area contributed by atoms with Crippen LogP contribution in [0, 0.1) is 6.92 Å². The third kappa shape index (κ3) is 3.45. The number of hydrogen-bond acceptors (Lipinski definition) is 4. The molecule has 0 saturated heterocycles. The average molecular weight is 262 g/mol.